The zero-order chi connectivity index (χ0) is 22.8. The first-order valence-corrected chi connectivity index (χ1v) is 10.9. The molecule has 7 heteroatoms. The quantitative estimate of drug-likeness (QED) is 0.544. The van der Waals surface area contributed by atoms with Gasteiger partial charge in [0, 0.05) is 35.6 Å². The Bertz CT molecular complexity index is 1200. The summed E-state index contributed by atoms with van der Waals surface area (Å²) < 4.78 is 16.5. The molecule has 0 saturated carbocycles. The Labute approximate surface area is 186 Å². The highest BCUT2D eigenvalue weighted by molar-refractivity contribution is 6.04. The van der Waals surface area contributed by atoms with Crippen molar-refractivity contribution in [2.75, 3.05) is 19.8 Å². The van der Waals surface area contributed by atoms with Gasteiger partial charge >= 0.3 is 5.97 Å². The second-order valence-corrected chi connectivity index (χ2v) is 8.12. The van der Waals surface area contributed by atoms with E-state index in [0.29, 0.717) is 41.7 Å². The van der Waals surface area contributed by atoms with Gasteiger partial charge in [-0.1, -0.05) is 11.6 Å². The van der Waals surface area contributed by atoms with Crippen LogP contribution in [-0.2, 0) is 19.1 Å². The Morgan fingerprint density at radius 1 is 1.19 bits per heavy atom. The Hall–Kier alpha value is -3.19. The zero-order valence-corrected chi connectivity index (χ0v) is 18.6. The highest BCUT2D eigenvalue weighted by Gasteiger charge is 2.40. The molecule has 1 aliphatic carbocycles. The van der Waals surface area contributed by atoms with E-state index in [0.717, 1.165) is 17.7 Å². The molecular formula is C25H27NO6. The van der Waals surface area contributed by atoms with Crippen LogP contribution >= 0.6 is 0 Å². The van der Waals surface area contributed by atoms with Gasteiger partial charge in [-0.05, 0) is 45.7 Å². The van der Waals surface area contributed by atoms with Gasteiger partial charge in [0.25, 0.3) is 0 Å². The van der Waals surface area contributed by atoms with Gasteiger partial charge in [-0.25, -0.2) is 4.79 Å². The first kappa shape index (κ1) is 22.0. The summed E-state index contributed by atoms with van der Waals surface area (Å²) in [5.74, 6) is -1.48. The standard InChI is InChI=1S/C25H27NO6/c1-4-30-10-11-31-25(29)21-15(3)26-18-6-5-7-19(27)23(18)22(21)17-13-32-20-9-8-14(2)12-16(20)24(17)28/h8-9,12-13,22,26H,4-7,10-11H2,1-3H3. The van der Waals surface area contributed by atoms with E-state index in [1.165, 1.54) is 6.26 Å². The van der Waals surface area contributed by atoms with Gasteiger partial charge in [0.2, 0.25) is 0 Å². The van der Waals surface area contributed by atoms with Gasteiger partial charge in [0.1, 0.15) is 12.2 Å². The predicted octanol–water partition coefficient (Wildman–Crippen LogP) is 3.65. The lowest BCUT2D eigenvalue weighted by atomic mass is 9.75. The minimum absolute atomic E-state index is 0.0698. The average molecular weight is 437 g/mol. The maximum Gasteiger partial charge on any atom is 0.336 e. The van der Waals surface area contributed by atoms with Crippen molar-refractivity contribution in [2.24, 2.45) is 0 Å². The van der Waals surface area contributed by atoms with E-state index < -0.39 is 11.9 Å². The van der Waals surface area contributed by atoms with Crippen molar-refractivity contribution in [3.63, 3.8) is 0 Å². The third kappa shape index (κ3) is 4.00. The molecule has 1 aromatic carbocycles. The Morgan fingerprint density at radius 2 is 2.00 bits per heavy atom. The van der Waals surface area contributed by atoms with Crippen LogP contribution in [0.5, 0.6) is 0 Å². The number of hydrogen-bond acceptors (Lipinski definition) is 7. The summed E-state index contributed by atoms with van der Waals surface area (Å²) >= 11 is 0. The number of allylic oxidation sites excluding steroid dienone is 3. The van der Waals surface area contributed by atoms with Crippen molar-refractivity contribution in [3.05, 3.63) is 68.4 Å². The number of ether oxygens (including phenoxy) is 2. The van der Waals surface area contributed by atoms with Crippen molar-refractivity contribution < 1.29 is 23.5 Å². The predicted molar refractivity (Wildman–Crippen MR) is 119 cm³/mol. The molecule has 2 aromatic rings. The fourth-order valence-electron chi connectivity index (χ4n) is 4.44. The van der Waals surface area contributed by atoms with E-state index in [-0.39, 0.29) is 35.6 Å². The van der Waals surface area contributed by atoms with Gasteiger partial charge < -0.3 is 19.2 Å². The van der Waals surface area contributed by atoms with Crippen LogP contribution < -0.4 is 10.7 Å². The molecule has 0 bridgehead atoms. The summed E-state index contributed by atoms with van der Waals surface area (Å²) in [5.41, 5.74) is 3.45. The molecule has 0 fully saturated rings. The molecule has 7 nitrogen and oxygen atoms in total. The van der Waals surface area contributed by atoms with Gasteiger partial charge in [0.15, 0.2) is 11.2 Å². The van der Waals surface area contributed by atoms with Crippen LogP contribution in [0.25, 0.3) is 11.0 Å². The van der Waals surface area contributed by atoms with Crippen LogP contribution in [0.3, 0.4) is 0 Å². The number of carbonyl (C=O) groups excluding carboxylic acids is 2. The molecule has 1 atom stereocenters. The maximum absolute atomic E-state index is 13.5. The van der Waals surface area contributed by atoms with Crippen LogP contribution in [-0.4, -0.2) is 31.6 Å². The van der Waals surface area contributed by atoms with Crippen LogP contribution in [0.15, 0.2) is 56.2 Å². The number of hydrogen-bond donors (Lipinski definition) is 1. The first-order chi connectivity index (χ1) is 15.4. The number of carbonyl (C=O) groups is 2. The number of benzene rings is 1. The molecule has 4 rings (SSSR count). The molecule has 1 N–H and O–H groups in total. The SMILES string of the molecule is CCOCCOC(=O)C1=C(C)NC2=C(C(=O)CCC2)C1c1coc2ccc(C)cc2c1=O. The zero-order valence-electron chi connectivity index (χ0n) is 18.6. The number of ketones is 1. The summed E-state index contributed by atoms with van der Waals surface area (Å²) in [6, 6.07) is 5.38. The molecule has 0 spiro atoms. The second-order valence-electron chi connectivity index (χ2n) is 8.12. The van der Waals surface area contributed by atoms with Crippen LogP contribution in [0.2, 0.25) is 0 Å². The van der Waals surface area contributed by atoms with Crippen LogP contribution in [0.1, 0.15) is 50.2 Å². The first-order valence-electron chi connectivity index (χ1n) is 10.9. The van der Waals surface area contributed by atoms with Gasteiger partial charge in [-0.15, -0.1) is 0 Å². The summed E-state index contributed by atoms with van der Waals surface area (Å²) in [4.78, 5) is 39.6. The minimum Gasteiger partial charge on any atom is -0.464 e. The van der Waals surface area contributed by atoms with E-state index in [9.17, 15) is 14.4 Å². The normalized spacial score (nSPS) is 18.6. The Morgan fingerprint density at radius 3 is 2.78 bits per heavy atom. The monoisotopic (exact) mass is 437 g/mol. The fraction of sp³-hybridized carbons (Fsp3) is 0.400. The number of esters is 1. The third-order valence-corrected chi connectivity index (χ3v) is 5.93. The highest BCUT2D eigenvalue weighted by Crippen LogP contribution is 2.41. The number of aryl methyl sites for hydroxylation is 1. The topological polar surface area (TPSA) is 94.8 Å². The Balaban J connectivity index is 1.84. The molecule has 168 valence electrons. The molecule has 2 aliphatic rings. The molecule has 0 saturated heterocycles. The number of fused-ring (bicyclic) bond motifs is 1. The van der Waals surface area contributed by atoms with Gasteiger partial charge in [-0.2, -0.15) is 0 Å². The van der Waals surface area contributed by atoms with E-state index in [4.69, 9.17) is 13.9 Å². The number of dihydropyridines is 1. The summed E-state index contributed by atoms with van der Waals surface area (Å²) in [6.45, 7) is 6.40. The third-order valence-electron chi connectivity index (χ3n) is 5.93. The summed E-state index contributed by atoms with van der Waals surface area (Å²) in [6.07, 6.45) is 3.16. The van der Waals surface area contributed by atoms with Crippen molar-refractivity contribution in [1.29, 1.82) is 0 Å². The molecular weight excluding hydrogens is 410 g/mol. The summed E-state index contributed by atoms with van der Waals surface area (Å²) in [7, 11) is 0. The molecule has 1 unspecified atom stereocenters. The largest absolute Gasteiger partial charge is 0.464 e. The number of nitrogens with one attached hydrogen (secondary N) is 1. The van der Waals surface area contributed by atoms with Gasteiger partial charge in [0.05, 0.1) is 29.7 Å². The molecule has 1 aromatic heterocycles. The smallest absolute Gasteiger partial charge is 0.336 e. The van der Waals surface area contributed by atoms with Crippen molar-refractivity contribution >= 4 is 22.7 Å². The maximum atomic E-state index is 13.5. The molecule has 2 heterocycles. The van der Waals surface area contributed by atoms with Crippen molar-refractivity contribution in [2.45, 2.75) is 46.0 Å². The highest BCUT2D eigenvalue weighted by atomic mass is 16.6. The molecule has 32 heavy (non-hydrogen) atoms. The minimum atomic E-state index is -0.834. The van der Waals surface area contributed by atoms with Crippen LogP contribution in [0.4, 0.5) is 0 Å². The summed E-state index contributed by atoms with van der Waals surface area (Å²) in [5, 5.41) is 3.64. The average Bonchev–Trinajstić information content (AvgIpc) is 2.76. The molecule has 0 amide bonds. The van der Waals surface area contributed by atoms with Gasteiger partial charge in [-0.3, -0.25) is 9.59 Å². The van der Waals surface area contributed by atoms with E-state index in [1.807, 2.05) is 19.9 Å². The van der Waals surface area contributed by atoms with Crippen molar-refractivity contribution in [1.82, 2.24) is 5.32 Å². The lowest BCUT2D eigenvalue weighted by molar-refractivity contribution is -0.140. The lowest BCUT2D eigenvalue weighted by Crippen LogP contribution is -2.36. The molecule has 1 aliphatic heterocycles. The second kappa shape index (κ2) is 9.12. The lowest BCUT2D eigenvalue weighted by Gasteiger charge is -2.33. The van der Waals surface area contributed by atoms with E-state index in [2.05, 4.69) is 5.32 Å². The molecule has 0 radical (unpaired) electrons. The van der Waals surface area contributed by atoms with Crippen LogP contribution in [0, 0.1) is 6.92 Å². The number of rotatable bonds is 6. The fourth-order valence-corrected chi connectivity index (χ4v) is 4.44. The van der Waals surface area contributed by atoms with E-state index >= 15 is 0 Å². The number of Topliss-reactive ketones (excluding diaryl/α,β-unsaturated/α-hetero) is 1. The van der Waals surface area contributed by atoms with E-state index in [1.54, 1.807) is 19.1 Å². The Kier molecular flexibility index (Phi) is 6.28. The van der Waals surface area contributed by atoms with Crippen molar-refractivity contribution in [3.8, 4) is 0 Å².